The third-order valence-electron chi connectivity index (χ3n) is 5.03. The number of pyridine rings is 1. The Bertz CT molecular complexity index is 1220. The molecule has 0 bridgehead atoms. The number of carbonyl (C=O) groups is 1. The molecule has 3 aromatic rings. The van der Waals surface area contributed by atoms with Gasteiger partial charge >= 0.3 is 0 Å². The summed E-state index contributed by atoms with van der Waals surface area (Å²) >= 11 is 1.71. The molecule has 4 rings (SSSR count). The number of nitriles is 1. The van der Waals surface area contributed by atoms with Gasteiger partial charge in [-0.1, -0.05) is 37.3 Å². The number of thioether (sulfide) groups is 1. The number of carbonyl (C=O) groups excluding carboxylic acids is 1. The quantitative estimate of drug-likeness (QED) is 0.509. The molecule has 1 atom stereocenters. The van der Waals surface area contributed by atoms with Gasteiger partial charge in [0, 0.05) is 22.4 Å². The average molecular weight is 412 g/mol. The molecule has 2 heterocycles. The zero-order valence-corrected chi connectivity index (χ0v) is 17.7. The summed E-state index contributed by atoms with van der Waals surface area (Å²) in [6, 6.07) is 17.3. The van der Waals surface area contributed by atoms with Crippen LogP contribution in [0.3, 0.4) is 0 Å². The van der Waals surface area contributed by atoms with E-state index < -0.39 is 0 Å². The van der Waals surface area contributed by atoms with Crippen molar-refractivity contribution in [2.75, 3.05) is 11.9 Å². The van der Waals surface area contributed by atoms with Crippen molar-refractivity contribution in [2.45, 2.75) is 13.8 Å². The number of anilines is 1. The molecule has 1 aliphatic heterocycles. The van der Waals surface area contributed by atoms with E-state index in [1.165, 1.54) is 4.91 Å². The molecular formula is C25H21N3OS. The molecule has 1 unspecified atom stereocenters. The van der Waals surface area contributed by atoms with E-state index in [0.29, 0.717) is 29.4 Å². The summed E-state index contributed by atoms with van der Waals surface area (Å²) < 4.78 is 0. The van der Waals surface area contributed by atoms with Crippen molar-refractivity contribution in [3.05, 3.63) is 82.1 Å². The summed E-state index contributed by atoms with van der Waals surface area (Å²) in [4.78, 5) is 18.3. The third kappa shape index (κ3) is 4.29. The van der Waals surface area contributed by atoms with Crippen LogP contribution < -0.4 is 5.32 Å². The molecule has 0 radical (unpaired) electrons. The minimum absolute atomic E-state index is 0.00485. The maximum atomic E-state index is 12.4. The third-order valence-corrected chi connectivity index (χ3v) is 5.91. The molecule has 4 nitrogen and oxygen atoms in total. The minimum Gasteiger partial charge on any atom is -0.365 e. The van der Waals surface area contributed by atoms with E-state index in [-0.39, 0.29) is 5.78 Å². The average Bonchev–Trinajstić information content (AvgIpc) is 2.77. The highest BCUT2D eigenvalue weighted by Gasteiger charge is 2.12. The van der Waals surface area contributed by atoms with Gasteiger partial charge in [0.05, 0.1) is 17.1 Å². The summed E-state index contributed by atoms with van der Waals surface area (Å²) in [7, 11) is 0. The van der Waals surface area contributed by atoms with Crippen molar-refractivity contribution >= 4 is 34.3 Å². The summed E-state index contributed by atoms with van der Waals surface area (Å²) in [5, 5.41) is 15.3. The summed E-state index contributed by atoms with van der Waals surface area (Å²) in [5.41, 5.74) is 4.03. The fourth-order valence-corrected chi connectivity index (χ4v) is 4.39. The Morgan fingerprint density at radius 2 is 1.93 bits per heavy atom. The van der Waals surface area contributed by atoms with E-state index in [1.807, 2.05) is 36.4 Å². The lowest BCUT2D eigenvalue weighted by Crippen LogP contribution is -2.08. The molecule has 5 heteroatoms. The van der Waals surface area contributed by atoms with Crippen LogP contribution in [0.25, 0.3) is 22.0 Å². The maximum absolute atomic E-state index is 12.4. The van der Waals surface area contributed by atoms with Gasteiger partial charge in [-0.2, -0.15) is 5.26 Å². The second-order valence-electron chi connectivity index (χ2n) is 7.32. The highest BCUT2D eigenvalue weighted by atomic mass is 32.2. The zero-order valence-electron chi connectivity index (χ0n) is 16.8. The minimum atomic E-state index is 0.00485. The number of benzene rings is 2. The molecule has 2 aromatic carbocycles. The molecule has 0 spiro atoms. The smallest absolute Gasteiger partial charge is 0.160 e. The number of Topliss-reactive ketones (excluding diaryl/α,β-unsaturated/α-hetero) is 1. The number of nitrogens with one attached hydrogen (secondary N) is 1. The molecule has 0 aliphatic carbocycles. The Hall–Kier alpha value is -3.36. The van der Waals surface area contributed by atoms with Gasteiger partial charge in [-0.3, -0.25) is 4.79 Å². The lowest BCUT2D eigenvalue weighted by Gasteiger charge is -2.14. The first-order valence-corrected chi connectivity index (χ1v) is 10.7. The number of ketones is 1. The van der Waals surface area contributed by atoms with Crippen molar-refractivity contribution in [3.8, 4) is 17.2 Å². The molecule has 148 valence electrons. The number of nitrogens with zero attached hydrogens (tertiary/aromatic N) is 2. The van der Waals surface area contributed by atoms with Crippen molar-refractivity contribution < 1.29 is 4.79 Å². The number of aromatic nitrogens is 1. The van der Waals surface area contributed by atoms with Crippen molar-refractivity contribution in [1.82, 2.24) is 4.98 Å². The normalized spacial score (nSPS) is 15.5. The number of fused-ring (bicyclic) bond motifs is 1. The van der Waals surface area contributed by atoms with Crippen LogP contribution in [0, 0.1) is 17.2 Å². The van der Waals surface area contributed by atoms with Crippen molar-refractivity contribution in [3.63, 3.8) is 0 Å². The van der Waals surface area contributed by atoms with Crippen LogP contribution in [0.2, 0.25) is 0 Å². The van der Waals surface area contributed by atoms with Crippen LogP contribution in [0.1, 0.15) is 29.8 Å². The van der Waals surface area contributed by atoms with Crippen LogP contribution in [-0.2, 0) is 0 Å². The molecule has 0 saturated heterocycles. The molecule has 0 amide bonds. The Balaban J connectivity index is 1.67. The van der Waals surface area contributed by atoms with Gasteiger partial charge < -0.3 is 5.32 Å². The molecule has 30 heavy (non-hydrogen) atoms. The lowest BCUT2D eigenvalue weighted by molar-refractivity contribution is 0.101. The molecular weight excluding hydrogens is 390 g/mol. The molecule has 0 saturated carbocycles. The number of hydrogen-bond donors (Lipinski definition) is 1. The summed E-state index contributed by atoms with van der Waals surface area (Å²) in [6.45, 7) is 4.42. The van der Waals surface area contributed by atoms with E-state index >= 15 is 0 Å². The highest BCUT2D eigenvalue weighted by molar-refractivity contribution is 8.05. The van der Waals surface area contributed by atoms with Gasteiger partial charge in [-0.05, 0) is 59.7 Å². The number of hydrogen-bond acceptors (Lipinski definition) is 5. The van der Waals surface area contributed by atoms with Gasteiger partial charge in [0.1, 0.15) is 5.82 Å². The molecule has 1 aliphatic rings. The van der Waals surface area contributed by atoms with E-state index in [4.69, 9.17) is 10.2 Å². The van der Waals surface area contributed by atoms with Crippen molar-refractivity contribution in [1.29, 1.82) is 5.26 Å². The Kier molecular flexibility index (Phi) is 5.69. The van der Waals surface area contributed by atoms with Crippen LogP contribution >= 0.6 is 11.8 Å². The van der Waals surface area contributed by atoms with E-state index in [0.717, 1.165) is 22.0 Å². The lowest BCUT2D eigenvalue weighted by atomic mass is 9.99. The Morgan fingerprint density at radius 1 is 1.17 bits per heavy atom. The van der Waals surface area contributed by atoms with Gasteiger partial charge in [0.2, 0.25) is 0 Å². The SMILES string of the molecule is CC(=O)c1cc(NCC2=CC(C)C=CS2)nc2ccc(-c3ccc(C#N)cc3)cc12. The monoisotopic (exact) mass is 411 g/mol. The fraction of sp³-hybridized carbons (Fsp3) is 0.160. The first-order valence-electron chi connectivity index (χ1n) is 9.77. The van der Waals surface area contributed by atoms with E-state index in [2.05, 4.69) is 35.9 Å². The number of allylic oxidation sites excluding steroid dienone is 2. The van der Waals surface area contributed by atoms with E-state index in [1.54, 1.807) is 30.8 Å². The second-order valence-corrected chi connectivity index (χ2v) is 8.36. The zero-order chi connectivity index (χ0) is 21.1. The first kappa shape index (κ1) is 19.9. The van der Waals surface area contributed by atoms with Gasteiger partial charge in [0.15, 0.2) is 5.78 Å². The summed E-state index contributed by atoms with van der Waals surface area (Å²) in [6.07, 6.45) is 4.40. The highest BCUT2D eigenvalue weighted by Crippen LogP contribution is 2.29. The van der Waals surface area contributed by atoms with Crippen LogP contribution in [0.4, 0.5) is 5.82 Å². The van der Waals surface area contributed by atoms with Gasteiger partial charge in [-0.15, -0.1) is 11.8 Å². The first-order chi connectivity index (χ1) is 14.5. The van der Waals surface area contributed by atoms with Crippen LogP contribution in [0.15, 0.2) is 71.0 Å². The predicted octanol–water partition coefficient (Wildman–Crippen LogP) is 6.17. The fourth-order valence-electron chi connectivity index (χ4n) is 3.44. The Labute approximate surface area is 180 Å². The molecule has 0 fully saturated rings. The standard InChI is InChI=1S/C25H21N3OS/c1-16-9-10-30-21(11-16)15-27-25-13-22(17(2)29)23-12-20(7-8-24(23)28-25)19-5-3-18(14-26)4-6-19/h3-13,16H,15H2,1-2H3,(H,27,28). The largest absolute Gasteiger partial charge is 0.365 e. The maximum Gasteiger partial charge on any atom is 0.160 e. The second kappa shape index (κ2) is 8.56. The van der Waals surface area contributed by atoms with Crippen LogP contribution in [0.5, 0.6) is 0 Å². The topological polar surface area (TPSA) is 65.8 Å². The molecule has 1 aromatic heterocycles. The molecule has 1 N–H and O–H groups in total. The van der Waals surface area contributed by atoms with Crippen LogP contribution in [-0.4, -0.2) is 17.3 Å². The Morgan fingerprint density at radius 3 is 2.63 bits per heavy atom. The predicted molar refractivity (Wildman–Crippen MR) is 124 cm³/mol. The van der Waals surface area contributed by atoms with Gasteiger partial charge in [0.25, 0.3) is 0 Å². The summed E-state index contributed by atoms with van der Waals surface area (Å²) in [5.74, 6) is 1.13. The van der Waals surface area contributed by atoms with Gasteiger partial charge in [-0.25, -0.2) is 4.98 Å². The van der Waals surface area contributed by atoms with Crippen molar-refractivity contribution in [2.24, 2.45) is 5.92 Å². The number of rotatable bonds is 5. The van der Waals surface area contributed by atoms with E-state index in [9.17, 15) is 4.79 Å².